The molecule has 2 fully saturated rings. The highest BCUT2D eigenvalue weighted by Gasteiger charge is 2.44. The minimum atomic E-state index is -0.982. The van der Waals surface area contributed by atoms with Crippen LogP contribution in [0, 0.1) is 35.5 Å². The van der Waals surface area contributed by atoms with Gasteiger partial charge in [0.2, 0.25) is 53.2 Å². The number of likely N-dealkylation sites (N-methyl/N-ethyl adjacent to an activating group) is 2. The summed E-state index contributed by atoms with van der Waals surface area (Å²) in [6.45, 7) is 23.2. The van der Waals surface area contributed by atoms with Crippen molar-refractivity contribution in [1.29, 1.82) is 0 Å². The number of benzene rings is 2. The Morgan fingerprint density at radius 3 is 1.92 bits per heavy atom. The Bertz CT molecular complexity index is 2870. The second-order valence-corrected chi connectivity index (χ2v) is 27.2. The molecule has 0 aromatic heterocycles. The van der Waals surface area contributed by atoms with Gasteiger partial charge in [0.1, 0.15) is 24.7 Å². The summed E-state index contributed by atoms with van der Waals surface area (Å²) in [5.41, 5.74) is 7.02. The first-order chi connectivity index (χ1) is 45.7. The molecule has 0 saturated carbocycles. The van der Waals surface area contributed by atoms with Crippen LogP contribution in [0.15, 0.2) is 54.6 Å². The third kappa shape index (κ3) is 26.3. The molecule has 2 unspecified atom stereocenters. The van der Waals surface area contributed by atoms with Crippen molar-refractivity contribution in [3.63, 3.8) is 0 Å². The maximum Gasteiger partial charge on any atom is 0.312 e. The van der Waals surface area contributed by atoms with Crippen molar-refractivity contribution in [2.45, 2.75) is 221 Å². The SMILES string of the molecule is CC(=O)OCc1ccc(NC(=O)[C@H](CCCNC(N)=O)NC(=O)[C@@H](NC(=O)CCCCCN2C(=O)CC(C)C2=O)C(C)C)cc1.CC[C@H](C)[C@@H]([C@@H](CC(=O)N1CCC[C@H]1[C@H](OC)[C@@H](C)C(=O)N[C@H](C)[C@@H](O)c1ccccc1)OC)N(C)C(=O)[C@@H](NC(=O)C(C(C)C)N(C)C)C(C)C. The topological polar surface area (TPSA) is 347 Å². The van der Waals surface area contributed by atoms with E-state index in [4.69, 9.17) is 19.9 Å². The lowest BCUT2D eigenvalue weighted by Crippen LogP contribution is -2.59. The van der Waals surface area contributed by atoms with Crippen molar-refractivity contribution in [3.8, 4) is 0 Å². The maximum absolute atomic E-state index is 14.2. The van der Waals surface area contributed by atoms with E-state index in [-0.39, 0.29) is 116 Å². The summed E-state index contributed by atoms with van der Waals surface area (Å²) >= 11 is 0. The molecule has 26 nitrogen and oxygen atoms in total. The first-order valence-electron chi connectivity index (χ1n) is 34.3. The van der Waals surface area contributed by atoms with E-state index in [1.54, 1.807) is 90.0 Å². The fourth-order valence-corrected chi connectivity index (χ4v) is 12.5. The highest BCUT2D eigenvalue weighted by Crippen LogP contribution is 2.31. The molecule has 2 saturated heterocycles. The Morgan fingerprint density at radius 1 is 0.742 bits per heavy atom. The number of rotatable bonds is 38. The first-order valence-corrected chi connectivity index (χ1v) is 34.3. The molecular weight excluding hydrogens is 1250 g/mol. The van der Waals surface area contributed by atoms with Crippen LogP contribution in [0.5, 0.6) is 0 Å². The lowest BCUT2D eigenvalue weighted by atomic mass is 9.89. The van der Waals surface area contributed by atoms with E-state index in [0.717, 1.165) is 18.4 Å². The molecular formula is C71H115N11O15. The molecule has 2 aromatic rings. The highest BCUT2D eigenvalue weighted by atomic mass is 16.5. The predicted octanol–water partition coefficient (Wildman–Crippen LogP) is 5.59. The van der Waals surface area contributed by atoms with Gasteiger partial charge in [-0.15, -0.1) is 0 Å². The number of aliphatic hydroxyl groups excluding tert-OH is 1. The summed E-state index contributed by atoms with van der Waals surface area (Å²) in [6, 6.07) is 10.8. The van der Waals surface area contributed by atoms with Gasteiger partial charge in [-0.05, 0) is 106 Å². The molecule has 4 rings (SSSR count). The van der Waals surface area contributed by atoms with Crippen molar-refractivity contribution in [2.24, 2.45) is 41.2 Å². The molecule has 2 aliphatic heterocycles. The number of aliphatic hydroxyl groups is 1. The smallest absolute Gasteiger partial charge is 0.312 e. The van der Waals surface area contributed by atoms with E-state index >= 15 is 0 Å². The number of amides is 11. The van der Waals surface area contributed by atoms with Crippen LogP contribution in [0.2, 0.25) is 0 Å². The predicted molar refractivity (Wildman–Crippen MR) is 369 cm³/mol. The molecule has 13 atom stereocenters. The molecule has 0 spiro atoms. The number of carbonyl (C=O) groups is 11. The number of methoxy groups -OCH3 is 2. The van der Waals surface area contributed by atoms with Gasteiger partial charge in [-0.3, -0.25) is 57.7 Å². The lowest BCUT2D eigenvalue weighted by Gasteiger charge is -2.41. The van der Waals surface area contributed by atoms with Crippen LogP contribution in [0.1, 0.15) is 171 Å². The third-order valence-corrected chi connectivity index (χ3v) is 18.2. The zero-order chi connectivity index (χ0) is 73.0. The van der Waals surface area contributed by atoms with Crippen LogP contribution < -0.4 is 37.6 Å². The molecule has 2 aliphatic rings. The van der Waals surface area contributed by atoms with E-state index in [2.05, 4.69) is 31.9 Å². The number of imide groups is 1. The summed E-state index contributed by atoms with van der Waals surface area (Å²) in [7, 11) is 8.57. The number of ether oxygens (including phenoxy) is 3. The number of nitrogens with two attached hydrogens (primary N) is 1. The average Bonchev–Trinajstić information content (AvgIpc) is 1.80. The van der Waals surface area contributed by atoms with Crippen LogP contribution in [0.3, 0.4) is 0 Å². The second-order valence-electron chi connectivity index (χ2n) is 27.2. The largest absolute Gasteiger partial charge is 0.461 e. The van der Waals surface area contributed by atoms with Crippen LogP contribution in [-0.2, 0) is 68.8 Å². The van der Waals surface area contributed by atoms with E-state index in [1.165, 1.54) is 11.8 Å². The summed E-state index contributed by atoms with van der Waals surface area (Å²) < 4.78 is 16.9. The van der Waals surface area contributed by atoms with Crippen molar-refractivity contribution in [1.82, 2.24) is 46.2 Å². The normalized spacial score (nSPS) is 18.1. The average molecular weight is 1360 g/mol. The van der Waals surface area contributed by atoms with Gasteiger partial charge in [0.15, 0.2) is 0 Å². The molecule has 2 heterocycles. The molecule has 26 heteroatoms. The van der Waals surface area contributed by atoms with Crippen molar-refractivity contribution in [2.75, 3.05) is 60.3 Å². The van der Waals surface area contributed by atoms with Crippen molar-refractivity contribution in [3.05, 3.63) is 65.7 Å². The Hall–Kier alpha value is -7.55. The molecule has 9 N–H and O–H groups in total. The Morgan fingerprint density at radius 2 is 1.38 bits per heavy atom. The van der Waals surface area contributed by atoms with Gasteiger partial charge < -0.3 is 66.8 Å². The second kappa shape index (κ2) is 41.6. The summed E-state index contributed by atoms with van der Waals surface area (Å²) in [5, 5.41) is 27.5. The van der Waals surface area contributed by atoms with Crippen LogP contribution >= 0.6 is 0 Å². The van der Waals surface area contributed by atoms with Gasteiger partial charge in [-0.25, -0.2) is 4.79 Å². The molecule has 2 aromatic carbocycles. The monoisotopic (exact) mass is 1360 g/mol. The van der Waals surface area contributed by atoms with E-state index in [0.29, 0.717) is 56.4 Å². The zero-order valence-electron chi connectivity index (χ0n) is 60.6. The Labute approximate surface area is 575 Å². The van der Waals surface area contributed by atoms with Gasteiger partial charge in [-0.2, -0.15) is 0 Å². The summed E-state index contributed by atoms with van der Waals surface area (Å²) in [6.07, 6.45) is 2.79. The zero-order valence-corrected chi connectivity index (χ0v) is 60.6. The Kier molecular flexibility index (Phi) is 35.9. The van der Waals surface area contributed by atoms with Gasteiger partial charge in [0, 0.05) is 72.3 Å². The molecule has 97 heavy (non-hydrogen) atoms. The maximum atomic E-state index is 14.2. The standard InChI is InChI=1S/C40H69N5O7.C31H46N6O8/c1-14-26(6)35(44(11)40(50)33(24(2)3)42-39(49)34(25(4)5)43(9)10)31(51-12)23-32(46)45-22-18-21-30(45)37(52-13)27(7)38(48)41-28(8)36(47)29-19-16-15-17-20-29;1-19(2)27(36-25(39)10-6-5-7-16-37-26(40)17-20(3)30(37)43)29(42)35-24(9-8-15-33-31(32)44)28(41)34-23-13-11-22(12-14-23)18-45-21(4)38/h15-17,19-20,24-28,30-31,33-37,47H,14,18,21-23H2,1-13H3,(H,41,48)(H,42,49);11-14,19-20,24,27H,5-10,15-18H2,1-4H3,(H,34,41)(H,35,42)(H,36,39)(H3,32,33,44)/t26-,27+,28+,30-,31+,33-,34?,35-,36+,37+;20?,24-,27-/m00/s1. The van der Waals surface area contributed by atoms with E-state index in [9.17, 15) is 57.8 Å². The number of urea groups is 1. The van der Waals surface area contributed by atoms with E-state index < -0.39 is 84.3 Å². The molecule has 0 radical (unpaired) electrons. The summed E-state index contributed by atoms with van der Waals surface area (Å²) in [5.74, 6) is -4.22. The molecule has 0 aliphatic carbocycles. The van der Waals surface area contributed by atoms with Gasteiger partial charge in [0.05, 0.1) is 54.8 Å². The highest BCUT2D eigenvalue weighted by molar-refractivity contribution is 6.03. The van der Waals surface area contributed by atoms with Crippen molar-refractivity contribution >= 4 is 70.9 Å². The quantitative estimate of drug-likeness (QED) is 0.0231. The summed E-state index contributed by atoms with van der Waals surface area (Å²) in [4.78, 5) is 147. The minimum absolute atomic E-state index is 0.0153. The third-order valence-electron chi connectivity index (χ3n) is 18.2. The molecule has 11 amide bonds. The number of primary amides is 1. The van der Waals surface area contributed by atoms with Crippen LogP contribution in [0.4, 0.5) is 10.5 Å². The van der Waals surface area contributed by atoms with E-state index in [1.807, 2.05) is 90.9 Å². The lowest BCUT2D eigenvalue weighted by molar-refractivity contribution is -0.148. The number of likely N-dealkylation sites (tertiary alicyclic amines) is 2. The van der Waals surface area contributed by atoms with Gasteiger partial charge in [-0.1, -0.05) is 125 Å². The number of nitrogens with one attached hydrogen (secondary N) is 6. The number of nitrogens with zero attached hydrogens (tertiary/aromatic N) is 4. The fraction of sp³-hybridized carbons (Fsp3) is 0.676. The molecule has 544 valence electrons. The fourth-order valence-electron chi connectivity index (χ4n) is 12.5. The van der Waals surface area contributed by atoms with Crippen LogP contribution in [0.25, 0.3) is 0 Å². The number of esters is 1. The number of carbonyl (C=O) groups excluding carboxylic acids is 11. The van der Waals surface area contributed by atoms with Gasteiger partial charge in [0.25, 0.3) is 0 Å². The van der Waals surface area contributed by atoms with Crippen molar-refractivity contribution < 1.29 is 72.1 Å². The minimum Gasteiger partial charge on any atom is -0.461 e. The number of hydrogen-bond donors (Lipinski definition) is 8. The number of unbranched alkanes of at least 4 members (excludes halogenated alkanes) is 2. The first kappa shape index (κ1) is 83.7. The number of hydrogen-bond acceptors (Lipinski definition) is 16. The number of anilines is 1. The Balaban J connectivity index is 0.000000510. The molecule has 0 bridgehead atoms. The van der Waals surface area contributed by atoms with Crippen LogP contribution in [-0.4, -0.2) is 199 Å². The van der Waals surface area contributed by atoms with Gasteiger partial charge >= 0.3 is 12.0 Å².